The molecule has 0 radical (unpaired) electrons. The summed E-state index contributed by atoms with van der Waals surface area (Å²) in [7, 11) is -3.73. The van der Waals surface area contributed by atoms with Crippen LogP contribution in [0.3, 0.4) is 0 Å². The van der Waals surface area contributed by atoms with Crippen LogP contribution in [0.25, 0.3) is 0 Å². The number of carbonyl (C=O) groups is 1. The Hall–Kier alpha value is -1.45. The van der Waals surface area contributed by atoms with Gasteiger partial charge in [0.2, 0.25) is 10.0 Å². The highest BCUT2D eigenvalue weighted by molar-refractivity contribution is 7.89. The fourth-order valence-corrected chi connectivity index (χ4v) is 2.57. The zero-order valence-electron chi connectivity index (χ0n) is 11.2. The Morgan fingerprint density at radius 2 is 2.25 bits per heavy atom. The molecule has 0 aliphatic carbocycles. The monoisotopic (exact) mass is 305 g/mol. The van der Waals surface area contributed by atoms with E-state index < -0.39 is 22.1 Å². The second kappa shape index (κ2) is 7.36. The first-order valence-corrected chi connectivity index (χ1v) is 7.75. The van der Waals surface area contributed by atoms with Gasteiger partial charge < -0.3 is 10.2 Å². The van der Waals surface area contributed by atoms with Crippen molar-refractivity contribution in [3.8, 4) is 0 Å². The number of sulfonamides is 1. The highest BCUT2D eigenvalue weighted by Crippen LogP contribution is 2.08. The number of aliphatic carboxylic acids is 1. The van der Waals surface area contributed by atoms with Crippen molar-refractivity contribution >= 4 is 16.0 Å². The average molecular weight is 305 g/mol. The Morgan fingerprint density at radius 1 is 1.55 bits per heavy atom. The molecule has 0 aromatic carbocycles. The number of aliphatic hydroxyl groups excluding tert-OH is 1. The van der Waals surface area contributed by atoms with Crippen molar-refractivity contribution in [1.82, 2.24) is 14.5 Å². The fourth-order valence-electron chi connectivity index (χ4n) is 1.54. The Morgan fingerprint density at radius 3 is 2.85 bits per heavy atom. The van der Waals surface area contributed by atoms with Crippen LogP contribution in [0, 0.1) is 0 Å². The number of nitrogens with zero attached hydrogens (tertiary/aromatic N) is 2. The second-order valence-electron chi connectivity index (χ2n) is 4.38. The molecule has 1 rings (SSSR count). The molecule has 0 aliphatic heterocycles. The van der Waals surface area contributed by atoms with Crippen molar-refractivity contribution in [2.24, 2.45) is 0 Å². The van der Waals surface area contributed by atoms with E-state index in [1.54, 1.807) is 0 Å². The van der Waals surface area contributed by atoms with Gasteiger partial charge in [0.1, 0.15) is 4.90 Å². The van der Waals surface area contributed by atoms with Crippen molar-refractivity contribution in [3.63, 3.8) is 0 Å². The minimum Gasteiger partial charge on any atom is -0.481 e. The largest absolute Gasteiger partial charge is 0.481 e. The lowest BCUT2D eigenvalue weighted by Gasteiger charge is -2.10. The van der Waals surface area contributed by atoms with E-state index in [9.17, 15) is 18.3 Å². The quantitative estimate of drug-likeness (QED) is 0.580. The molecule has 114 valence electrons. The molecular weight excluding hydrogens is 286 g/mol. The van der Waals surface area contributed by atoms with Crippen molar-refractivity contribution in [1.29, 1.82) is 0 Å². The van der Waals surface area contributed by atoms with Gasteiger partial charge in [-0.1, -0.05) is 13.3 Å². The molecule has 0 saturated heterocycles. The minimum absolute atomic E-state index is 0.0495. The summed E-state index contributed by atoms with van der Waals surface area (Å²) in [6.45, 7) is 1.93. The van der Waals surface area contributed by atoms with Gasteiger partial charge in [-0.15, -0.1) is 0 Å². The van der Waals surface area contributed by atoms with Crippen LogP contribution in [0.4, 0.5) is 0 Å². The Labute approximate surface area is 117 Å². The maximum Gasteiger partial charge on any atom is 0.305 e. The molecule has 0 saturated carbocycles. The third-order valence-electron chi connectivity index (χ3n) is 2.61. The van der Waals surface area contributed by atoms with Crippen molar-refractivity contribution in [3.05, 3.63) is 12.4 Å². The maximum absolute atomic E-state index is 11.9. The van der Waals surface area contributed by atoms with Crippen LogP contribution in [-0.2, 0) is 21.4 Å². The number of rotatable bonds is 9. The van der Waals surface area contributed by atoms with Gasteiger partial charge in [-0.05, 0) is 6.42 Å². The summed E-state index contributed by atoms with van der Waals surface area (Å²) >= 11 is 0. The summed E-state index contributed by atoms with van der Waals surface area (Å²) < 4.78 is 27.3. The van der Waals surface area contributed by atoms with E-state index in [0.717, 1.165) is 12.6 Å². The number of aryl methyl sites for hydroxylation is 1. The number of carboxylic acid groups (broad SMARTS) is 1. The Balaban J connectivity index is 2.61. The SMILES string of the molecule is CCCC(O)CNS(=O)(=O)c1cnn(CCC(=O)O)c1. The smallest absolute Gasteiger partial charge is 0.305 e. The summed E-state index contributed by atoms with van der Waals surface area (Å²) in [4.78, 5) is 10.4. The number of hydrogen-bond acceptors (Lipinski definition) is 5. The van der Waals surface area contributed by atoms with Crippen LogP contribution in [0.5, 0.6) is 0 Å². The number of aliphatic hydroxyl groups is 1. The predicted molar refractivity (Wildman–Crippen MR) is 70.6 cm³/mol. The lowest BCUT2D eigenvalue weighted by molar-refractivity contribution is -0.137. The minimum atomic E-state index is -3.73. The molecule has 0 fully saturated rings. The number of aromatic nitrogens is 2. The van der Waals surface area contributed by atoms with Gasteiger partial charge in [0.25, 0.3) is 0 Å². The second-order valence-corrected chi connectivity index (χ2v) is 6.14. The molecule has 0 aliphatic rings. The lowest BCUT2D eigenvalue weighted by Crippen LogP contribution is -2.31. The number of hydrogen-bond donors (Lipinski definition) is 3. The zero-order chi connectivity index (χ0) is 15.2. The van der Waals surface area contributed by atoms with Gasteiger partial charge in [-0.3, -0.25) is 9.48 Å². The van der Waals surface area contributed by atoms with E-state index in [1.165, 1.54) is 10.9 Å². The third kappa shape index (κ3) is 5.27. The van der Waals surface area contributed by atoms with Gasteiger partial charge in [0, 0.05) is 12.7 Å². The summed E-state index contributed by atoms with van der Waals surface area (Å²) in [5.41, 5.74) is 0. The van der Waals surface area contributed by atoms with Crippen LogP contribution in [0.1, 0.15) is 26.2 Å². The normalized spacial score (nSPS) is 13.3. The molecule has 1 aromatic rings. The van der Waals surface area contributed by atoms with Gasteiger partial charge in [0.15, 0.2) is 0 Å². The number of nitrogens with one attached hydrogen (secondary N) is 1. The molecule has 0 bridgehead atoms. The predicted octanol–water partition coefficient (Wildman–Crippen LogP) is -0.203. The van der Waals surface area contributed by atoms with Gasteiger partial charge in [-0.2, -0.15) is 5.10 Å². The lowest BCUT2D eigenvalue weighted by atomic mass is 10.2. The first kappa shape index (κ1) is 16.6. The third-order valence-corrected chi connectivity index (χ3v) is 3.98. The Kier molecular flexibility index (Phi) is 6.11. The van der Waals surface area contributed by atoms with Gasteiger partial charge in [-0.25, -0.2) is 13.1 Å². The first-order valence-electron chi connectivity index (χ1n) is 6.27. The van der Waals surface area contributed by atoms with E-state index in [0.29, 0.717) is 6.42 Å². The highest BCUT2D eigenvalue weighted by atomic mass is 32.2. The van der Waals surface area contributed by atoms with Crippen molar-refractivity contribution in [2.45, 2.75) is 43.7 Å². The molecule has 0 amide bonds. The van der Waals surface area contributed by atoms with Crippen LogP contribution < -0.4 is 4.72 Å². The molecule has 1 unspecified atom stereocenters. The van der Waals surface area contributed by atoms with Crippen LogP contribution >= 0.6 is 0 Å². The first-order chi connectivity index (χ1) is 9.35. The fraction of sp³-hybridized carbons (Fsp3) is 0.636. The van der Waals surface area contributed by atoms with Crippen molar-refractivity contribution in [2.75, 3.05) is 6.54 Å². The molecule has 1 heterocycles. The van der Waals surface area contributed by atoms with Crippen molar-refractivity contribution < 1.29 is 23.4 Å². The van der Waals surface area contributed by atoms with E-state index in [-0.39, 0.29) is 24.4 Å². The zero-order valence-corrected chi connectivity index (χ0v) is 12.0. The average Bonchev–Trinajstić information content (AvgIpc) is 2.84. The van der Waals surface area contributed by atoms with Gasteiger partial charge in [0.05, 0.1) is 25.3 Å². The van der Waals surface area contributed by atoms with E-state index in [4.69, 9.17) is 5.11 Å². The summed E-state index contributed by atoms with van der Waals surface area (Å²) in [5, 5.41) is 21.8. The molecule has 20 heavy (non-hydrogen) atoms. The van der Waals surface area contributed by atoms with Gasteiger partial charge >= 0.3 is 5.97 Å². The highest BCUT2D eigenvalue weighted by Gasteiger charge is 2.17. The summed E-state index contributed by atoms with van der Waals surface area (Å²) in [6.07, 6.45) is 2.82. The van der Waals surface area contributed by atoms with Crippen LogP contribution in [0.2, 0.25) is 0 Å². The number of carboxylic acids is 1. The molecule has 3 N–H and O–H groups in total. The molecular formula is C11H19N3O5S. The summed E-state index contributed by atoms with van der Waals surface area (Å²) in [6, 6.07) is 0. The van der Waals surface area contributed by atoms with Crippen LogP contribution in [-0.4, -0.2) is 47.0 Å². The summed E-state index contributed by atoms with van der Waals surface area (Å²) in [5.74, 6) is -0.981. The van der Waals surface area contributed by atoms with E-state index in [2.05, 4.69) is 9.82 Å². The molecule has 0 spiro atoms. The van der Waals surface area contributed by atoms with E-state index >= 15 is 0 Å². The van der Waals surface area contributed by atoms with Crippen LogP contribution in [0.15, 0.2) is 17.3 Å². The molecule has 9 heteroatoms. The standard InChI is InChI=1S/C11H19N3O5S/c1-2-3-9(15)6-13-20(18,19)10-7-12-14(8-10)5-4-11(16)17/h7-9,13,15H,2-6H2,1H3,(H,16,17). The Bertz CT molecular complexity index is 540. The topological polar surface area (TPSA) is 122 Å². The molecule has 1 atom stereocenters. The maximum atomic E-state index is 11.9. The van der Waals surface area contributed by atoms with E-state index in [1.807, 2.05) is 6.92 Å². The molecule has 8 nitrogen and oxygen atoms in total. The molecule has 1 aromatic heterocycles.